The molecule has 168 valence electrons. The fraction of sp³-hybridized carbons (Fsp3) is 0.440. The van der Waals surface area contributed by atoms with Gasteiger partial charge >= 0.3 is 0 Å². The van der Waals surface area contributed by atoms with E-state index < -0.39 is 6.04 Å². The van der Waals surface area contributed by atoms with Crippen LogP contribution in [0.1, 0.15) is 38.3 Å². The summed E-state index contributed by atoms with van der Waals surface area (Å²) in [6, 6.07) is 17.5. The monoisotopic (exact) mass is 442 g/mol. The summed E-state index contributed by atoms with van der Waals surface area (Å²) in [6.45, 7) is 6.35. The number of carbonyl (C=O) groups excluding carboxylic acids is 2. The van der Waals surface area contributed by atoms with Crippen LogP contribution in [0.25, 0.3) is 0 Å². The van der Waals surface area contributed by atoms with Gasteiger partial charge in [0.2, 0.25) is 11.8 Å². The maximum absolute atomic E-state index is 13.2. The topological polar surface area (TPSA) is 58.6 Å². The molecule has 1 atom stereocenters. The Bertz CT molecular complexity index is 809. The quantitative estimate of drug-likeness (QED) is 0.532. The van der Waals surface area contributed by atoms with E-state index in [2.05, 4.69) is 17.4 Å². The largest absolute Gasteiger partial charge is 0.497 e. The lowest BCUT2D eigenvalue weighted by molar-refractivity contribution is -0.139. The minimum atomic E-state index is -0.458. The number of nitrogens with zero attached hydrogens (tertiary/aromatic N) is 1. The number of amides is 2. The Morgan fingerprint density at radius 1 is 1.03 bits per heavy atom. The molecule has 0 spiro atoms. The van der Waals surface area contributed by atoms with Gasteiger partial charge in [-0.05, 0) is 49.9 Å². The van der Waals surface area contributed by atoms with Gasteiger partial charge in [-0.2, -0.15) is 0 Å². The van der Waals surface area contributed by atoms with Gasteiger partial charge < -0.3 is 15.0 Å². The van der Waals surface area contributed by atoms with Gasteiger partial charge in [0.05, 0.1) is 12.9 Å². The molecule has 0 aliphatic heterocycles. The van der Waals surface area contributed by atoms with Crippen molar-refractivity contribution < 1.29 is 14.3 Å². The number of thioether (sulfide) groups is 1. The van der Waals surface area contributed by atoms with Crippen LogP contribution in [0.5, 0.6) is 5.75 Å². The van der Waals surface area contributed by atoms with Crippen molar-refractivity contribution >= 4 is 23.6 Å². The van der Waals surface area contributed by atoms with Crippen molar-refractivity contribution in [1.82, 2.24) is 10.2 Å². The van der Waals surface area contributed by atoms with Gasteiger partial charge in [0.25, 0.3) is 0 Å². The molecule has 6 heteroatoms. The Hall–Kier alpha value is -2.47. The maximum Gasteiger partial charge on any atom is 0.242 e. The molecule has 2 aromatic carbocycles. The first kappa shape index (κ1) is 24.8. The predicted octanol–water partition coefficient (Wildman–Crippen LogP) is 4.30. The first-order chi connectivity index (χ1) is 14.9. The van der Waals surface area contributed by atoms with Crippen LogP contribution < -0.4 is 10.1 Å². The van der Waals surface area contributed by atoms with Gasteiger partial charge in [0.1, 0.15) is 11.8 Å². The third-order valence-corrected chi connectivity index (χ3v) is 5.94. The molecule has 0 aliphatic rings. The van der Waals surface area contributed by atoms with E-state index in [0.717, 1.165) is 29.1 Å². The van der Waals surface area contributed by atoms with Gasteiger partial charge in [-0.1, -0.05) is 49.4 Å². The van der Waals surface area contributed by atoms with Crippen molar-refractivity contribution in [3.63, 3.8) is 0 Å². The molecule has 0 bridgehead atoms. The summed E-state index contributed by atoms with van der Waals surface area (Å²) in [5.41, 5.74) is 2.30. The van der Waals surface area contributed by atoms with E-state index in [4.69, 9.17) is 4.74 Å². The fourth-order valence-electron chi connectivity index (χ4n) is 3.34. The van der Waals surface area contributed by atoms with E-state index in [9.17, 15) is 9.59 Å². The molecule has 31 heavy (non-hydrogen) atoms. The summed E-state index contributed by atoms with van der Waals surface area (Å²) in [5.74, 6) is 1.81. The molecular formula is C25H34N2O3S. The van der Waals surface area contributed by atoms with E-state index in [0.29, 0.717) is 18.7 Å². The van der Waals surface area contributed by atoms with Crippen molar-refractivity contribution in [2.75, 3.05) is 19.4 Å². The average Bonchev–Trinajstić information content (AvgIpc) is 2.77. The number of methoxy groups -OCH3 is 1. The first-order valence-corrected chi connectivity index (χ1v) is 11.9. The molecule has 0 heterocycles. The molecule has 5 nitrogen and oxygen atoms in total. The molecule has 1 N–H and O–H groups in total. The van der Waals surface area contributed by atoms with Crippen LogP contribution in [0, 0.1) is 0 Å². The van der Waals surface area contributed by atoms with Gasteiger partial charge in [0, 0.05) is 18.3 Å². The first-order valence-electron chi connectivity index (χ1n) is 10.8. The molecule has 0 saturated carbocycles. The Morgan fingerprint density at radius 3 is 2.29 bits per heavy atom. The highest BCUT2D eigenvalue weighted by molar-refractivity contribution is 7.99. The minimum Gasteiger partial charge on any atom is -0.497 e. The van der Waals surface area contributed by atoms with Crippen LogP contribution in [0.4, 0.5) is 0 Å². The minimum absolute atomic E-state index is 0.000184. The van der Waals surface area contributed by atoms with Gasteiger partial charge in [0.15, 0.2) is 0 Å². The van der Waals surface area contributed by atoms with Gasteiger partial charge in [-0.3, -0.25) is 9.59 Å². The fourth-order valence-corrected chi connectivity index (χ4v) is 4.21. The van der Waals surface area contributed by atoms with E-state index in [1.54, 1.807) is 23.8 Å². The summed E-state index contributed by atoms with van der Waals surface area (Å²) < 4.78 is 5.19. The smallest absolute Gasteiger partial charge is 0.242 e. The van der Waals surface area contributed by atoms with Crippen molar-refractivity contribution in [1.29, 1.82) is 0 Å². The molecule has 0 radical (unpaired) electrons. The molecule has 0 saturated heterocycles. The molecule has 2 aromatic rings. The van der Waals surface area contributed by atoms with Crippen molar-refractivity contribution in [3.05, 3.63) is 65.7 Å². The molecular weight excluding hydrogens is 408 g/mol. The summed E-state index contributed by atoms with van der Waals surface area (Å²) in [7, 11) is 1.64. The lowest BCUT2D eigenvalue weighted by Crippen LogP contribution is -2.51. The number of hydrogen-bond acceptors (Lipinski definition) is 4. The molecule has 0 aromatic heterocycles. The standard InChI is InChI=1S/C25H34N2O3S/c1-5-23(25(29)26-19(2)3)27(16-15-20-9-7-6-8-10-20)24(28)18-31-17-21-11-13-22(30-4)14-12-21/h6-14,19,23H,5,15-18H2,1-4H3,(H,26,29). The van der Waals surface area contributed by atoms with E-state index >= 15 is 0 Å². The molecule has 2 amide bonds. The van der Waals surface area contributed by atoms with E-state index in [-0.39, 0.29) is 17.9 Å². The molecule has 2 rings (SSSR count). The summed E-state index contributed by atoms with van der Waals surface area (Å²) in [6.07, 6.45) is 1.31. The third kappa shape index (κ3) is 8.29. The van der Waals surface area contributed by atoms with Crippen LogP contribution >= 0.6 is 11.8 Å². The van der Waals surface area contributed by atoms with E-state index in [1.165, 1.54) is 0 Å². The van der Waals surface area contributed by atoms with Crippen molar-refractivity contribution in [2.45, 2.75) is 51.4 Å². The van der Waals surface area contributed by atoms with Gasteiger partial charge in [-0.25, -0.2) is 0 Å². The van der Waals surface area contributed by atoms with Crippen LogP contribution in [0.15, 0.2) is 54.6 Å². The number of carbonyl (C=O) groups is 2. The Labute approximate surface area is 190 Å². The highest BCUT2D eigenvalue weighted by Crippen LogP contribution is 2.18. The lowest BCUT2D eigenvalue weighted by Gasteiger charge is -2.31. The SMILES string of the molecule is CCC(C(=O)NC(C)C)N(CCc1ccccc1)C(=O)CSCc1ccc(OC)cc1. The van der Waals surface area contributed by atoms with Gasteiger partial charge in [-0.15, -0.1) is 11.8 Å². The van der Waals surface area contributed by atoms with Crippen molar-refractivity contribution in [3.8, 4) is 5.75 Å². The second-order valence-electron chi connectivity index (χ2n) is 7.75. The molecule has 0 fully saturated rings. The second-order valence-corrected chi connectivity index (χ2v) is 8.74. The van der Waals surface area contributed by atoms with E-state index in [1.807, 2.05) is 63.2 Å². The highest BCUT2D eigenvalue weighted by atomic mass is 32.2. The Balaban J connectivity index is 2.03. The lowest BCUT2D eigenvalue weighted by atomic mass is 10.1. The predicted molar refractivity (Wildman–Crippen MR) is 128 cm³/mol. The summed E-state index contributed by atoms with van der Waals surface area (Å²) in [4.78, 5) is 27.7. The Morgan fingerprint density at radius 2 is 1.71 bits per heavy atom. The third-order valence-electron chi connectivity index (χ3n) is 4.95. The number of ether oxygens (including phenoxy) is 1. The second kappa shape index (κ2) is 13.1. The summed E-state index contributed by atoms with van der Waals surface area (Å²) >= 11 is 1.57. The van der Waals surface area contributed by atoms with Crippen LogP contribution in [-0.2, 0) is 21.8 Å². The number of rotatable bonds is 12. The number of nitrogens with one attached hydrogen (secondary N) is 1. The number of hydrogen-bond donors (Lipinski definition) is 1. The maximum atomic E-state index is 13.2. The normalized spacial score (nSPS) is 11.8. The zero-order valence-electron chi connectivity index (χ0n) is 19.0. The average molecular weight is 443 g/mol. The highest BCUT2D eigenvalue weighted by Gasteiger charge is 2.28. The summed E-state index contributed by atoms with van der Waals surface area (Å²) in [5, 5.41) is 2.97. The number of benzene rings is 2. The van der Waals surface area contributed by atoms with Crippen LogP contribution in [-0.4, -0.2) is 48.2 Å². The zero-order valence-corrected chi connectivity index (χ0v) is 19.8. The molecule has 1 unspecified atom stereocenters. The molecule has 0 aliphatic carbocycles. The van der Waals surface area contributed by atoms with Crippen LogP contribution in [0.2, 0.25) is 0 Å². The van der Waals surface area contributed by atoms with Crippen LogP contribution in [0.3, 0.4) is 0 Å². The van der Waals surface area contributed by atoms with Crippen molar-refractivity contribution in [2.24, 2.45) is 0 Å². The Kier molecular flexibility index (Phi) is 10.4. The zero-order chi connectivity index (χ0) is 22.6.